The Bertz CT molecular complexity index is 277. The molecule has 0 spiro atoms. The number of likely N-dealkylation sites (tertiary alicyclic amines) is 1. The van der Waals surface area contributed by atoms with Gasteiger partial charge in [-0.05, 0) is 19.8 Å². The van der Waals surface area contributed by atoms with Crippen LogP contribution >= 0.6 is 0 Å². The SMILES string of the molecule is COC(=O)N[C@H](C(=O)N1CCCC1)C(C)OC. The van der Waals surface area contributed by atoms with Gasteiger partial charge in [-0.1, -0.05) is 0 Å². The molecule has 0 aliphatic carbocycles. The highest BCUT2D eigenvalue weighted by Gasteiger charge is 2.32. The average Bonchev–Trinajstić information content (AvgIpc) is 2.87. The minimum atomic E-state index is -0.689. The predicted molar refractivity (Wildman–Crippen MR) is 61.6 cm³/mol. The third kappa shape index (κ3) is 3.59. The number of alkyl carbamates (subject to hydrolysis) is 1. The quantitative estimate of drug-likeness (QED) is 0.775. The fourth-order valence-electron chi connectivity index (χ4n) is 1.84. The highest BCUT2D eigenvalue weighted by molar-refractivity contribution is 5.86. The maximum absolute atomic E-state index is 12.2. The van der Waals surface area contributed by atoms with Crippen LogP contribution in [-0.2, 0) is 14.3 Å². The molecule has 0 bridgehead atoms. The van der Waals surface area contributed by atoms with Crippen molar-refractivity contribution in [3.8, 4) is 0 Å². The van der Waals surface area contributed by atoms with E-state index in [-0.39, 0.29) is 12.0 Å². The van der Waals surface area contributed by atoms with E-state index in [0.717, 1.165) is 25.9 Å². The van der Waals surface area contributed by atoms with Crippen LogP contribution in [0.1, 0.15) is 19.8 Å². The van der Waals surface area contributed by atoms with Gasteiger partial charge in [0.2, 0.25) is 5.91 Å². The van der Waals surface area contributed by atoms with Gasteiger partial charge in [0.15, 0.2) is 0 Å². The highest BCUT2D eigenvalue weighted by atomic mass is 16.5. The molecule has 0 radical (unpaired) electrons. The molecule has 1 rings (SSSR count). The molecule has 2 amide bonds. The van der Waals surface area contributed by atoms with Crippen molar-refractivity contribution in [2.45, 2.75) is 31.9 Å². The smallest absolute Gasteiger partial charge is 0.407 e. The number of amides is 2. The summed E-state index contributed by atoms with van der Waals surface area (Å²) in [6, 6.07) is -0.689. The van der Waals surface area contributed by atoms with E-state index in [0.29, 0.717) is 0 Å². The number of nitrogens with one attached hydrogen (secondary N) is 1. The molecule has 0 aromatic heterocycles. The van der Waals surface area contributed by atoms with Gasteiger partial charge in [-0.3, -0.25) is 4.79 Å². The van der Waals surface area contributed by atoms with Crippen LogP contribution < -0.4 is 5.32 Å². The topological polar surface area (TPSA) is 67.9 Å². The monoisotopic (exact) mass is 244 g/mol. The summed E-state index contributed by atoms with van der Waals surface area (Å²) in [5.41, 5.74) is 0. The zero-order chi connectivity index (χ0) is 12.8. The van der Waals surface area contributed by atoms with Crippen molar-refractivity contribution in [1.29, 1.82) is 0 Å². The number of ether oxygens (including phenoxy) is 2. The Labute approximate surface area is 101 Å². The number of carbonyl (C=O) groups excluding carboxylic acids is 2. The number of methoxy groups -OCH3 is 2. The molecule has 1 aliphatic heterocycles. The van der Waals surface area contributed by atoms with E-state index in [1.807, 2.05) is 0 Å². The first-order valence-corrected chi connectivity index (χ1v) is 5.76. The van der Waals surface area contributed by atoms with Crippen molar-refractivity contribution in [2.75, 3.05) is 27.3 Å². The van der Waals surface area contributed by atoms with E-state index in [1.54, 1.807) is 11.8 Å². The Kier molecular flexibility index (Phi) is 5.21. The largest absolute Gasteiger partial charge is 0.453 e. The van der Waals surface area contributed by atoms with E-state index >= 15 is 0 Å². The zero-order valence-corrected chi connectivity index (χ0v) is 10.6. The summed E-state index contributed by atoms with van der Waals surface area (Å²) in [6.45, 7) is 3.23. The fraction of sp³-hybridized carbons (Fsp3) is 0.818. The van der Waals surface area contributed by atoms with Gasteiger partial charge in [0.1, 0.15) is 6.04 Å². The van der Waals surface area contributed by atoms with Gasteiger partial charge >= 0.3 is 6.09 Å². The summed E-state index contributed by atoms with van der Waals surface area (Å²) in [5, 5.41) is 2.52. The maximum atomic E-state index is 12.2. The molecule has 6 nitrogen and oxygen atoms in total. The number of hydrogen-bond donors (Lipinski definition) is 1. The lowest BCUT2D eigenvalue weighted by atomic mass is 10.1. The Morgan fingerprint density at radius 2 is 1.82 bits per heavy atom. The molecule has 1 heterocycles. The van der Waals surface area contributed by atoms with Gasteiger partial charge in [-0.15, -0.1) is 0 Å². The van der Waals surface area contributed by atoms with Crippen molar-refractivity contribution in [3.05, 3.63) is 0 Å². The van der Waals surface area contributed by atoms with E-state index in [2.05, 4.69) is 10.1 Å². The van der Waals surface area contributed by atoms with Crippen LogP contribution in [0.3, 0.4) is 0 Å². The third-order valence-electron chi connectivity index (χ3n) is 2.98. The van der Waals surface area contributed by atoms with Crippen molar-refractivity contribution in [1.82, 2.24) is 10.2 Å². The molecule has 2 atom stereocenters. The molecule has 1 unspecified atom stereocenters. The number of rotatable bonds is 4. The summed E-state index contributed by atoms with van der Waals surface area (Å²) >= 11 is 0. The minimum absolute atomic E-state index is 0.109. The fourth-order valence-corrected chi connectivity index (χ4v) is 1.84. The molecule has 0 saturated carbocycles. The lowest BCUT2D eigenvalue weighted by Crippen LogP contribution is -2.53. The molecule has 17 heavy (non-hydrogen) atoms. The van der Waals surface area contributed by atoms with Crippen molar-refractivity contribution < 1.29 is 19.1 Å². The van der Waals surface area contributed by atoms with E-state index in [9.17, 15) is 9.59 Å². The highest BCUT2D eigenvalue weighted by Crippen LogP contribution is 2.11. The number of hydrogen-bond acceptors (Lipinski definition) is 4. The summed E-state index contributed by atoms with van der Waals surface area (Å²) < 4.78 is 9.63. The van der Waals surface area contributed by atoms with E-state index < -0.39 is 12.1 Å². The second-order valence-electron chi connectivity index (χ2n) is 4.09. The van der Waals surface area contributed by atoms with Crippen LogP contribution in [0.15, 0.2) is 0 Å². The minimum Gasteiger partial charge on any atom is -0.453 e. The number of nitrogens with zero attached hydrogens (tertiary/aromatic N) is 1. The second-order valence-corrected chi connectivity index (χ2v) is 4.09. The van der Waals surface area contributed by atoms with Crippen molar-refractivity contribution in [3.63, 3.8) is 0 Å². The zero-order valence-electron chi connectivity index (χ0n) is 10.6. The predicted octanol–water partition coefficient (Wildman–Crippen LogP) is 0.368. The Hall–Kier alpha value is -1.30. The first kappa shape index (κ1) is 13.8. The van der Waals surface area contributed by atoms with Gasteiger partial charge in [-0.2, -0.15) is 0 Å². The van der Waals surface area contributed by atoms with Crippen LogP contribution in [0.5, 0.6) is 0 Å². The molecule has 6 heteroatoms. The van der Waals surface area contributed by atoms with Crippen molar-refractivity contribution >= 4 is 12.0 Å². The van der Waals surface area contributed by atoms with Crippen LogP contribution in [0.4, 0.5) is 4.79 Å². The van der Waals surface area contributed by atoms with Crippen LogP contribution in [0.25, 0.3) is 0 Å². The third-order valence-corrected chi connectivity index (χ3v) is 2.98. The van der Waals surface area contributed by atoms with Crippen LogP contribution in [0.2, 0.25) is 0 Å². The molecule has 1 saturated heterocycles. The van der Waals surface area contributed by atoms with E-state index in [1.165, 1.54) is 14.2 Å². The first-order chi connectivity index (χ1) is 8.10. The normalized spacial score (nSPS) is 18.6. The van der Waals surface area contributed by atoms with Gasteiger partial charge < -0.3 is 19.7 Å². The Morgan fingerprint density at radius 1 is 1.24 bits per heavy atom. The van der Waals surface area contributed by atoms with Gasteiger partial charge in [-0.25, -0.2) is 4.79 Å². The summed E-state index contributed by atoms with van der Waals surface area (Å²) in [6.07, 6.45) is 1.02. The molecule has 1 aliphatic rings. The van der Waals surface area contributed by atoms with Crippen LogP contribution in [0, 0.1) is 0 Å². The first-order valence-electron chi connectivity index (χ1n) is 5.76. The van der Waals surface area contributed by atoms with Gasteiger partial charge in [0.05, 0.1) is 13.2 Å². The van der Waals surface area contributed by atoms with E-state index in [4.69, 9.17) is 4.74 Å². The molecule has 0 aromatic rings. The lowest BCUT2D eigenvalue weighted by Gasteiger charge is -2.27. The Morgan fingerprint density at radius 3 is 2.29 bits per heavy atom. The van der Waals surface area contributed by atoms with Gasteiger partial charge in [0, 0.05) is 20.2 Å². The standard InChI is InChI=1S/C11H20N2O4/c1-8(16-2)9(12-11(15)17-3)10(14)13-6-4-5-7-13/h8-9H,4-7H2,1-3H3,(H,12,15)/t8?,9-/m0/s1. The summed E-state index contributed by atoms with van der Waals surface area (Å²) in [5.74, 6) is -0.109. The Balaban J connectivity index is 2.67. The molecule has 1 N–H and O–H groups in total. The summed E-state index contributed by atoms with van der Waals surface area (Å²) in [7, 11) is 2.78. The lowest BCUT2D eigenvalue weighted by molar-refractivity contribution is -0.135. The second kappa shape index (κ2) is 6.44. The van der Waals surface area contributed by atoms with Gasteiger partial charge in [0.25, 0.3) is 0 Å². The summed E-state index contributed by atoms with van der Waals surface area (Å²) in [4.78, 5) is 25.1. The number of carbonyl (C=O) groups is 2. The van der Waals surface area contributed by atoms with Crippen molar-refractivity contribution in [2.24, 2.45) is 0 Å². The molecule has 0 aromatic carbocycles. The maximum Gasteiger partial charge on any atom is 0.407 e. The average molecular weight is 244 g/mol. The molecular weight excluding hydrogens is 224 g/mol. The van der Waals surface area contributed by atoms with Crippen LogP contribution in [-0.4, -0.2) is 56.4 Å². The molecular formula is C11H20N2O4. The molecule has 1 fully saturated rings. The molecule has 98 valence electrons.